The number of rotatable bonds is 3. The first-order chi connectivity index (χ1) is 9.31. The number of aryl methyl sites for hydroxylation is 1. The van der Waals surface area contributed by atoms with Crippen molar-refractivity contribution in [3.63, 3.8) is 0 Å². The van der Waals surface area contributed by atoms with E-state index in [1.165, 1.54) is 24.2 Å². The predicted molar refractivity (Wildman–Crippen MR) is 82.4 cm³/mol. The minimum absolute atomic E-state index is 0.859. The van der Waals surface area contributed by atoms with E-state index in [2.05, 4.69) is 56.7 Å². The van der Waals surface area contributed by atoms with Crippen LogP contribution in [0.3, 0.4) is 0 Å². The molecule has 3 nitrogen and oxygen atoms in total. The molecule has 0 radical (unpaired) electrons. The summed E-state index contributed by atoms with van der Waals surface area (Å²) in [5.41, 5.74) is 3.56. The average molecular weight is 320 g/mol. The van der Waals surface area contributed by atoms with E-state index < -0.39 is 0 Å². The molecule has 0 bridgehead atoms. The van der Waals surface area contributed by atoms with Gasteiger partial charge >= 0.3 is 0 Å². The largest absolute Gasteiger partial charge is 0.356 e. The Kier molecular flexibility index (Phi) is 3.60. The lowest BCUT2D eigenvalue weighted by Gasteiger charge is -2.20. The Balaban J connectivity index is 2.13. The van der Waals surface area contributed by atoms with Crippen LogP contribution in [0.2, 0.25) is 0 Å². The fourth-order valence-electron chi connectivity index (χ4n) is 2.71. The summed E-state index contributed by atoms with van der Waals surface area (Å²) in [5, 5.41) is 5.60. The van der Waals surface area contributed by atoms with Crippen molar-refractivity contribution in [3.05, 3.63) is 41.6 Å². The van der Waals surface area contributed by atoms with Gasteiger partial charge in [-0.3, -0.25) is 0 Å². The number of halogens is 1. The van der Waals surface area contributed by atoms with Gasteiger partial charge in [0, 0.05) is 24.0 Å². The Labute approximate surface area is 122 Å². The van der Waals surface area contributed by atoms with Crippen molar-refractivity contribution >= 4 is 21.7 Å². The van der Waals surface area contributed by atoms with Crippen molar-refractivity contribution in [1.82, 2.24) is 9.78 Å². The normalized spacial score (nSPS) is 15.2. The first-order valence-corrected chi connectivity index (χ1v) is 7.88. The number of nitrogens with zero attached hydrogens (tertiary/aromatic N) is 3. The Morgan fingerprint density at radius 3 is 2.47 bits per heavy atom. The summed E-state index contributed by atoms with van der Waals surface area (Å²) in [4.78, 5) is 2.46. The van der Waals surface area contributed by atoms with E-state index in [-0.39, 0.29) is 0 Å². The molecular formula is C15H18BrN3. The quantitative estimate of drug-likeness (QED) is 0.805. The highest BCUT2D eigenvalue weighted by molar-refractivity contribution is 9.08. The van der Waals surface area contributed by atoms with Crippen LogP contribution in [0.5, 0.6) is 0 Å². The molecule has 1 fully saturated rings. The molecule has 19 heavy (non-hydrogen) atoms. The zero-order chi connectivity index (χ0) is 13.2. The molecule has 4 heteroatoms. The molecule has 0 aliphatic carbocycles. The summed E-state index contributed by atoms with van der Waals surface area (Å²) in [6.45, 7) is 4.37. The highest BCUT2D eigenvalue weighted by Crippen LogP contribution is 2.31. The zero-order valence-corrected chi connectivity index (χ0v) is 12.7. The van der Waals surface area contributed by atoms with Gasteiger partial charge in [-0.15, -0.1) is 0 Å². The fraction of sp³-hybridized carbons (Fsp3) is 0.400. The first kappa shape index (κ1) is 12.7. The third kappa shape index (κ3) is 2.29. The van der Waals surface area contributed by atoms with Crippen LogP contribution in [-0.2, 0) is 5.33 Å². The van der Waals surface area contributed by atoms with Crippen molar-refractivity contribution in [1.29, 1.82) is 0 Å². The topological polar surface area (TPSA) is 21.1 Å². The molecule has 100 valence electrons. The maximum absolute atomic E-state index is 4.74. The van der Waals surface area contributed by atoms with Crippen molar-refractivity contribution < 1.29 is 0 Å². The van der Waals surface area contributed by atoms with Crippen LogP contribution in [0, 0.1) is 6.92 Å². The lowest BCUT2D eigenvalue weighted by Crippen LogP contribution is -2.22. The Morgan fingerprint density at radius 1 is 1.16 bits per heavy atom. The van der Waals surface area contributed by atoms with Crippen LogP contribution < -0.4 is 4.90 Å². The number of benzene rings is 1. The molecular weight excluding hydrogens is 302 g/mol. The van der Waals surface area contributed by atoms with Gasteiger partial charge in [0.1, 0.15) is 5.82 Å². The van der Waals surface area contributed by atoms with Crippen molar-refractivity contribution in [2.45, 2.75) is 25.1 Å². The van der Waals surface area contributed by atoms with E-state index >= 15 is 0 Å². The van der Waals surface area contributed by atoms with E-state index in [9.17, 15) is 0 Å². The van der Waals surface area contributed by atoms with Gasteiger partial charge in [-0.05, 0) is 31.9 Å². The summed E-state index contributed by atoms with van der Waals surface area (Å²) < 4.78 is 2.09. The van der Waals surface area contributed by atoms with Gasteiger partial charge in [-0.25, -0.2) is 4.68 Å². The van der Waals surface area contributed by atoms with E-state index in [1.54, 1.807) is 0 Å². The molecule has 0 saturated carbocycles. The Hall–Kier alpha value is -1.29. The summed E-state index contributed by atoms with van der Waals surface area (Å²) in [5.74, 6) is 1.26. The van der Waals surface area contributed by atoms with Crippen LogP contribution in [0.4, 0.5) is 5.82 Å². The van der Waals surface area contributed by atoms with E-state index in [0.717, 1.165) is 29.8 Å². The fourth-order valence-corrected chi connectivity index (χ4v) is 3.36. The van der Waals surface area contributed by atoms with Crippen LogP contribution in [0.1, 0.15) is 24.1 Å². The number of hydrogen-bond donors (Lipinski definition) is 0. The van der Waals surface area contributed by atoms with Crippen LogP contribution >= 0.6 is 15.9 Å². The minimum atomic E-state index is 0.859. The highest BCUT2D eigenvalue weighted by Gasteiger charge is 2.23. The van der Waals surface area contributed by atoms with Gasteiger partial charge in [0.2, 0.25) is 0 Å². The summed E-state index contributed by atoms with van der Waals surface area (Å²) in [7, 11) is 0. The van der Waals surface area contributed by atoms with Gasteiger partial charge < -0.3 is 4.90 Å². The lowest BCUT2D eigenvalue weighted by atomic mass is 10.2. The molecule has 0 atom stereocenters. The molecule has 1 saturated heterocycles. The SMILES string of the molecule is Cc1nn(-c2ccccc2)c(N2CCCC2)c1CBr. The maximum atomic E-state index is 4.74. The summed E-state index contributed by atoms with van der Waals surface area (Å²) in [6, 6.07) is 10.4. The third-order valence-electron chi connectivity index (χ3n) is 3.70. The second kappa shape index (κ2) is 5.37. The Bertz CT molecular complexity index is 556. The van der Waals surface area contributed by atoms with Gasteiger partial charge in [-0.2, -0.15) is 5.10 Å². The van der Waals surface area contributed by atoms with Crippen molar-refractivity contribution in [2.24, 2.45) is 0 Å². The second-order valence-electron chi connectivity index (χ2n) is 4.96. The van der Waals surface area contributed by atoms with Crippen molar-refractivity contribution in [3.8, 4) is 5.69 Å². The number of hydrogen-bond acceptors (Lipinski definition) is 2. The van der Waals surface area contributed by atoms with Crippen LogP contribution in [0.25, 0.3) is 5.69 Å². The monoisotopic (exact) mass is 319 g/mol. The molecule has 0 unspecified atom stereocenters. The standard InChI is InChI=1S/C15H18BrN3/c1-12-14(11-16)15(18-9-5-6-10-18)19(17-12)13-7-3-2-4-8-13/h2-4,7-8H,5-6,9-11H2,1H3. The number of alkyl halides is 1. The third-order valence-corrected chi connectivity index (χ3v) is 4.26. The maximum Gasteiger partial charge on any atom is 0.136 e. The highest BCUT2D eigenvalue weighted by atomic mass is 79.9. The molecule has 3 rings (SSSR count). The second-order valence-corrected chi connectivity index (χ2v) is 5.52. The minimum Gasteiger partial charge on any atom is -0.356 e. The molecule has 1 aromatic heterocycles. The van der Waals surface area contributed by atoms with Crippen LogP contribution in [-0.4, -0.2) is 22.9 Å². The van der Waals surface area contributed by atoms with Gasteiger partial charge in [0.05, 0.1) is 11.4 Å². The van der Waals surface area contributed by atoms with Gasteiger partial charge in [0.15, 0.2) is 0 Å². The zero-order valence-electron chi connectivity index (χ0n) is 11.1. The van der Waals surface area contributed by atoms with Crippen molar-refractivity contribution in [2.75, 3.05) is 18.0 Å². The molecule has 1 aliphatic heterocycles. The van der Waals surface area contributed by atoms with E-state index in [1.807, 2.05) is 6.07 Å². The lowest BCUT2D eigenvalue weighted by molar-refractivity contribution is 0.814. The summed E-state index contributed by atoms with van der Waals surface area (Å²) >= 11 is 3.61. The molecule has 1 aromatic carbocycles. The summed E-state index contributed by atoms with van der Waals surface area (Å²) in [6.07, 6.45) is 2.56. The molecule has 2 aromatic rings. The number of para-hydroxylation sites is 1. The number of aromatic nitrogens is 2. The number of anilines is 1. The average Bonchev–Trinajstić information content (AvgIpc) is 3.06. The van der Waals surface area contributed by atoms with Crippen LogP contribution in [0.15, 0.2) is 30.3 Å². The van der Waals surface area contributed by atoms with Gasteiger partial charge in [-0.1, -0.05) is 34.1 Å². The van der Waals surface area contributed by atoms with E-state index in [4.69, 9.17) is 5.10 Å². The smallest absolute Gasteiger partial charge is 0.136 e. The molecule has 0 N–H and O–H groups in total. The van der Waals surface area contributed by atoms with E-state index in [0.29, 0.717) is 0 Å². The predicted octanol–water partition coefficient (Wildman–Crippen LogP) is 3.68. The molecule has 2 heterocycles. The molecule has 0 spiro atoms. The molecule has 1 aliphatic rings. The van der Waals surface area contributed by atoms with Gasteiger partial charge in [0.25, 0.3) is 0 Å². The first-order valence-electron chi connectivity index (χ1n) is 6.76. The Morgan fingerprint density at radius 2 is 1.84 bits per heavy atom. The molecule has 0 amide bonds.